The lowest BCUT2D eigenvalue weighted by molar-refractivity contribution is -0.385. The molecular weight excluding hydrogens is 362 g/mol. The molecule has 0 aliphatic rings. The minimum absolute atomic E-state index is 0.0465. The van der Waals surface area contributed by atoms with E-state index in [4.69, 9.17) is 9.84 Å². The highest BCUT2D eigenvalue weighted by Gasteiger charge is 2.21. The van der Waals surface area contributed by atoms with Crippen LogP contribution in [0.15, 0.2) is 41.3 Å². The third-order valence-corrected chi connectivity index (χ3v) is 5.58. The number of ether oxygens (including phenoxy) is 1. The van der Waals surface area contributed by atoms with E-state index in [1.807, 2.05) is 0 Å². The summed E-state index contributed by atoms with van der Waals surface area (Å²) < 4.78 is 29.1. The Bertz CT molecular complexity index is 950. The maximum Gasteiger partial charge on any atom is 0.341 e. The van der Waals surface area contributed by atoms with Gasteiger partial charge in [-0.15, -0.1) is 0 Å². The Hall–Kier alpha value is -2.94. The van der Waals surface area contributed by atoms with Gasteiger partial charge in [0.05, 0.1) is 15.6 Å². The Labute approximate surface area is 150 Å². The molecule has 0 bridgehead atoms. The second-order valence-corrected chi connectivity index (χ2v) is 7.73. The molecule has 0 saturated heterocycles. The molecule has 8 nitrogen and oxygen atoms in total. The number of nitro benzene ring substituents is 1. The summed E-state index contributed by atoms with van der Waals surface area (Å²) >= 11 is 0. The average Bonchev–Trinajstić information content (AvgIpc) is 2.59. The van der Waals surface area contributed by atoms with E-state index in [2.05, 4.69) is 0 Å². The predicted octanol–water partition coefficient (Wildman–Crippen LogP) is 2.83. The number of carbonyl (C=O) groups is 1. The van der Waals surface area contributed by atoms with Crippen LogP contribution < -0.4 is 4.74 Å². The zero-order valence-electron chi connectivity index (χ0n) is 14.1. The van der Waals surface area contributed by atoms with Crippen molar-refractivity contribution < 1.29 is 28.0 Å². The Morgan fingerprint density at radius 2 is 1.81 bits per heavy atom. The van der Waals surface area contributed by atoms with Gasteiger partial charge in [0.2, 0.25) is 0 Å². The van der Waals surface area contributed by atoms with Crippen molar-refractivity contribution in [1.82, 2.24) is 0 Å². The van der Waals surface area contributed by atoms with Crippen molar-refractivity contribution in [3.63, 3.8) is 0 Å². The smallest absolute Gasteiger partial charge is 0.341 e. The Kier molecular flexibility index (Phi) is 5.61. The topological polar surface area (TPSA) is 124 Å². The summed E-state index contributed by atoms with van der Waals surface area (Å²) in [5.74, 6) is -1.06. The fourth-order valence-electron chi connectivity index (χ4n) is 2.49. The minimum Gasteiger partial charge on any atom is -0.481 e. The van der Waals surface area contributed by atoms with Crippen molar-refractivity contribution >= 4 is 21.5 Å². The minimum atomic E-state index is -3.38. The lowest BCUT2D eigenvalue weighted by atomic mass is 9.98. The predicted molar refractivity (Wildman–Crippen MR) is 94.1 cm³/mol. The monoisotopic (exact) mass is 379 g/mol. The third kappa shape index (κ3) is 3.99. The van der Waals surface area contributed by atoms with Crippen LogP contribution in [0.1, 0.15) is 12.5 Å². The van der Waals surface area contributed by atoms with Crippen LogP contribution >= 0.6 is 0 Å². The highest BCUT2D eigenvalue weighted by atomic mass is 32.2. The number of aliphatic carboxylic acids is 1. The van der Waals surface area contributed by atoms with Crippen LogP contribution in [0.3, 0.4) is 0 Å². The van der Waals surface area contributed by atoms with Gasteiger partial charge >= 0.3 is 5.97 Å². The zero-order valence-corrected chi connectivity index (χ0v) is 14.9. The summed E-state index contributed by atoms with van der Waals surface area (Å²) in [5, 5.41) is 20.0. The molecule has 26 heavy (non-hydrogen) atoms. The van der Waals surface area contributed by atoms with Crippen LogP contribution in [0.2, 0.25) is 0 Å². The number of benzene rings is 2. The van der Waals surface area contributed by atoms with Gasteiger partial charge in [-0.25, -0.2) is 13.2 Å². The van der Waals surface area contributed by atoms with Gasteiger partial charge in [0.1, 0.15) is 5.75 Å². The van der Waals surface area contributed by atoms with E-state index in [9.17, 15) is 23.3 Å². The van der Waals surface area contributed by atoms with Gasteiger partial charge in [-0.2, -0.15) is 0 Å². The molecule has 0 fully saturated rings. The fraction of sp³-hybridized carbons (Fsp3) is 0.235. The first-order valence-electron chi connectivity index (χ1n) is 7.63. The molecule has 0 aliphatic heterocycles. The molecule has 2 aromatic carbocycles. The Morgan fingerprint density at radius 1 is 1.19 bits per heavy atom. The number of sulfone groups is 1. The molecular formula is C17H17NO7S. The van der Waals surface area contributed by atoms with Gasteiger partial charge in [-0.3, -0.25) is 10.1 Å². The molecule has 0 heterocycles. The Balaban J connectivity index is 2.59. The molecule has 138 valence electrons. The van der Waals surface area contributed by atoms with Gasteiger partial charge < -0.3 is 9.84 Å². The van der Waals surface area contributed by atoms with Gasteiger partial charge in [-0.1, -0.05) is 19.1 Å². The molecule has 0 amide bonds. The van der Waals surface area contributed by atoms with Gasteiger partial charge in [0, 0.05) is 17.2 Å². The summed E-state index contributed by atoms with van der Waals surface area (Å²) in [6.07, 6.45) is 0. The lowest BCUT2D eigenvalue weighted by Gasteiger charge is -2.14. The molecule has 0 atom stereocenters. The second-order valence-electron chi connectivity index (χ2n) is 5.45. The van der Waals surface area contributed by atoms with Gasteiger partial charge in [0.15, 0.2) is 16.4 Å². The third-order valence-electron chi connectivity index (χ3n) is 3.83. The van der Waals surface area contributed by atoms with Gasteiger partial charge in [-0.05, 0) is 30.7 Å². The van der Waals surface area contributed by atoms with Crippen LogP contribution in [0.25, 0.3) is 11.1 Å². The highest BCUT2D eigenvalue weighted by molar-refractivity contribution is 7.91. The molecule has 0 aromatic heterocycles. The van der Waals surface area contributed by atoms with E-state index >= 15 is 0 Å². The van der Waals surface area contributed by atoms with Crippen LogP contribution in [0, 0.1) is 17.0 Å². The van der Waals surface area contributed by atoms with Crippen LogP contribution in [0.5, 0.6) is 5.75 Å². The van der Waals surface area contributed by atoms with Crippen molar-refractivity contribution in [2.24, 2.45) is 0 Å². The van der Waals surface area contributed by atoms with Crippen molar-refractivity contribution in [2.75, 3.05) is 12.4 Å². The molecule has 2 rings (SSSR count). The maximum absolute atomic E-state index is 11.9. The first-order valence-corrected chi connectivity index (χ1v) is 9.28. The van der Waals surface area contributed by atoms with E-state index in [1.54, 1.807) is 0 Å². The van der Waals surface area contributed by atoms with Crippen molar-refractivity contribution in [3.8, 4) is 16.9 Å². The summed E-state index contributed by atoms with van der Waals surface area (Å²) in [7, 11) is -3.38. The summed E-state index contributed by atoms with van der Waals surface area (Å²) in [6, 6.07) is 8.43. The molecule has 0 saturated carbocycles. The quantitative estimate of drug-likeness (QED) is 0.579. The largest absolute Gasteiger partial charge is 0.481 e. The van der Waals surface area contributed by atoms with E-state index in [1.165, 1.54) is 50.2 Å². The first kappa shape index (κ1) is 19.4. The van der Waals surface area contributed by atoms with Crippen molar-refractivity contribution in [3.05, 3.63) is 52.1 Å². The van der Waals surface area contributed by atoms with E-state index in [0.29, 0.717) is 16.7 Å². The number of nitrogens with zero attached hydrogens (tertiary/aromatic N) is 1. The van der Waals surface area contributed by atoms with Crippen molar-refractivity contribution in [2.45, 2.75) is 18.7 Å². The summed E-state index contributed by atoms with van der Waals surface area (Å²) in [6.45, 7) is 2.45. The number of rotatable bonds is 7. The van der Waals surface area contributed by atoms with E-state index < -0.39 is 27.3 Å². The normalized spacial score (nSPS) is 11.2. The van der Waals surface area contributed by atoms with Crippen molar-refractivity contribution in [1.29, 1.82) is 0 Å². The Morgan fingerprint density at radius 3 is 2.31 bits per heavy atom. The van der Waals surface area contributed by atoms with Crippen LogP contribution in [-0.2, 0) is 14.6 Å². The van der Waals surface area contributed by atoms with Gasteiger partial charge in [0.25, 0.3) is 5.69 Å². The number of carboxylic acid groups (broad SMARTS) is 1. The fourth-order valence-corrected chi connectivity index (χ4v) is 3.37. The number of nitro groups is 1. The number of carboxylic acids is 1. The number of hydrogen-bond acceptors (Lipinski definition) is 6. The van der Waals surface area contributed by atoms with Crippen LogP contribution in [-0.4, -0.2) is 36.8 Å². The zero-order chi connectivity index (χ0) is 19.5. The van der Waals surface area contributed by atoms with Crippen LogP contribution in [0.4, 0.5) is 5.69 Å². The van der Waals surface area contributed by atoms with E-state index in [-0.39, 0.29) is 22.1 Å². The SMILES string of the molecule is CCS(=O)(=O)c1ccc(-c2c(OCC(=O)O)ccc([N+](=O)[O-])c2C)cc1. The average molecular weight is 379 g/mol. The molecule has 9 heteroatoms. The summed E-state index contributed by atoms with van der Waals surface area (Å²) in [4.78, 5) is 21.6. The summed E-state index contributed by atoms with van der Waals surface area (Å²) in [5.41, 5.74) is 0.986. The number of hydrogen-bond donors (Lipinski definition) is 1. The van der Waals surface area contributed by atoms with E-state index in [0.717, 1.165) is 0 Å². The molecule has 1 N–H and O–H groups in total. The first-order chi connectivity index (χ1) is 12.2. The molecule has 0 radical (unpaired) electrons. The molecule has 2 aromatic rings. The maximum atomic E-state index is 11.9. The molecule has 0 unspecified atom stereocenters. The lowest BCUT2D eigenvalue weighted by Crippen LogP contribution is -2.10. The molecule has 0 spiro atoms. The highest BCUT2D eigenvalue weighted by Crippen LogP contribution is 2.38. The standard InChI is InChI=1S/C17H17NO7S/c1-3-26(23,24)13-6-4-12(5-7-13)17-11(2)14(18(21)22)8-9-15(17)25-10-16(19)20/h4-9H,3,10H2,1-2H3,(H,19,20). The second kappa shape index (κ2) is 7.52. The molecule has 0 aliphatic carbocycles.